The van der Waals surface area contributed by atoms with E-state index in [1.54, 1.807) is 0 Å². The van der Waals surface area contributed by atoms with Gasteiger partial charge in [0.05, 0.1) is 9.52 Å². The third-order valence-electron chi connectivity index (χ3n) is 4.40. The molecular formula is C21H28OSSi. The number of phenolic OH excluding ortho intramolecular Hbond substituents is 1. The van der Waals surface area contributed by atoms with E-state index >= 15 is 0 Å². The van der Waals surface area contributed by atoms with Gasteiger partial charge in [0.2, 0.25) is 0 Å². The third-order valence-corrected chi connectivity index (χ3v) is 7.16. The highest BCUT2D eigenvalue weighted by Gasteiger charge is 2.10. The van der Waals surface area contributed by atoms with Crippen LogP contribution >= 0.6 is 11.8 Å². The first-order valence-corrected chi connectivity index (χ1v) is 11.0. The normalized spacial score (nSPS) is 11.0. The maximum Gasteiger partial charge on any atom is 0.119 e. The fourth-order valence-electron chi connectivity index (χ4n) is 2.86. The van der Waals surface area contributed by atoms with Crippen molar-refractivity contribution < 1.29 is 5.11 Å². The van der Waals surface area contributed by atoms with Crippen molar-refractivity contribution in [2.24, 2.45) is 0 Å². The summed E-state index contributed by atoms with van der Waals surface area (Å²) in [6.07, 6.45) is 4.16. The van der Waals surface area contributed by atoms with Gasteiger partial charge in [0, 0.05) is 4.90 Å². The minimum Gasteiger partial charge on any atom is -0.508 e. The van der Waals surface area contributed by atoms with Crippen molar-refractivity contribution in [1.29, 1.82) is 0 Å². The van der Waals surface area contributed by atoms with Crippen LogP contribution in [0.5, 0.6) is 5.75 Å². The molecule has 0 fully saturated rings. The number of benzene rings is 2. The molecule has 1 N–H and O–H groups in total. The van der Waals surface area contributed by atoms with Crippen molar-refractivity contribution in [3.05, 3.63) is 52.6 Å². The van der Waals surface area contributed by atoms with Crippen LogP contribution in [0.4, 0.5) is 0 Å². The molecule has 2 aromatic carbocycles. The van der Waals surface area contributed by atoms with E-state index in [0.717, 1.165) is 46.1 Å². The van der Waals surface area contributed by atoms with Crippen molar-refractivity contribution in [2.75, 3.05) is 5.38 Å². The molecule has 0 saturated carbocycles. The summed E-state index contributed by atoms with van der Waals surface area (Å²) in [4.78, 5) is 1.36. The van der Waals surface area contributed by atoms with Gasteiger partial charge >= 0.3 is 0 Å². The fourth-order valence-corrected chi connectivity index (χ4v) is 5.64. The number of thioether (sulfide) groups is 1. The molecule has 0 atom stereocenters. The first-order chi connectivity index (χ1) is 11.6. The molecule has 3 heteroatoms. The first kappa shape index (κ1) is 19.1. The van der Waals surface area contributed by atoms with Gasteiger partial charge < -0.3 is 5.11 Å². The van der Waals surface area contributed by atoms with Crippen molar-refractivity contribution >= 4 is 26.5 Å². The average Bonchev–Trinajstić information content (AvgIpc) is 2.55. The SMILES string of the molecule is CCCc1cc(SC[Si]c2cccc(C)c2C)c(CCC)cc1O. The van der Waals surface area contributed by atoms with Crippen LogP contribution in [0.3, 0.4) is 0 Å². The van der Waals surface area contributed by atoms with Gasteiger partial charge in [-0.15, -0.1) is 11.8 Å². The summed E-state index contributed by atoms with van der Waals surface area (Å²) in [7, 11) is 0.819. The molecule has 2 radical (unpaired) electrons. The number of hydrogen-bond acceptors (Lipinski definition) is 2. The van der Waals surface area contributed by atoms with Crippen molar-refractivity contribution in [3.63, 3.8) is 0 Å². The van der Waals surface area contributed by atoms with Gasteiger partial charge in [-0.05, 0) is 66.5 Å². The van der Waals surface area contributed by atoms with Gasteiger partial charge in [-0.3, -0.25) is 0 Å². The largest absolute Gasteiger partial charge is 0.508 e. The molecule has 0 aromatic heterocycles. The first-order valence-electron chi connectivity index (χ1n) is 8.84. The zero-order chi connectivity index (χ0) is 17.5. The molecule has 2 aromatic rings. The lowest BCUT2D eigenvalue weighted by Gasteiger charge is -2.13. The van der Waals surface area contributed by atoms with E-state index < -0.39 is 0 Å². The highest BCUT2D eigenvalue weighted by Crippen LogP contribution is 2.31. The van der Waals surface area contributed by atoms with Gasteiger partial charge in [-0.2, -0.15) is 0 Å². The van der Waals surface area contributed by atoms with Crippen LogP contribution in [0, 0.1) is 13.8 Å². The smallest absolute Gasteiger partial charge is 0.119 e. The molecule has 0 saturated heterocycles. The van der Waals surface area contributed by atoms with Gasteiger partial charge in [0.1, 0.15) is 5.75 Å². The molecule has 128 valence electrons. The Bertz CT molecular complexity index is 682. The van der Waals surface area contributed by atoms with Crippen LogP contribution in [0.1, 0.15) is 48.9 Å². The maximum absolute atomic E-state index is 10.2. The Morgan fingerprint density at radius 2 is 1.71 bits per heavy atom. The number of aromatic hydroxyl groups is 1. The molecule has 0 amide bonds. The Labute approximate surface area is 153 Å². The molecule has 0 aliphatic heterocycles. The number of hydrogen-bond donors (Lipinski definition) is 1. The number of aryl methyl sites for hydroxylation is 3. The zero-order valence-electron chi connectivity index (χ0n) is 15.3. The Morgan fingerprint density at radius 3 is 2.42 bits per heavy atom. The predicted octanol–water partition coefficient (Wildman–Crippen LogP) is 4.99. The second-order valence-electron chi connectivity index (χ2n) is 6.30. The Hall–Kier alpha value is -1.19. The van der Waals surface area contributed by atoms with Crippen molar-refractivity contribution in [1.82, 2.24) is 0 Å². The predicted molar refractivity (Wildman–Crippen MR) is 108 cm³/mol. The summed E-state index contributed by atoms with van der Waals surface area (Å²) in [5.74, 6) is 0.474. The zero-order valence-corrected chi connectivity index (χ0v) is 17.1. The van der Waals surface area contributed by atoms with Crippen molar-refractivity contribution in [2.45, 2.75) is 58.3 Å². The second-order valence-corrected chi connectivity index (χ2v) is 9.08. The monoisotopic (exact) mass is 356 g/mol. The van der Waals surface area contributed by atoms with E-state index in [1.807, 2.05) is 17.8 Å². The van der Waals surface area contributed by atoms with E-state index in [9.17, 15) is 5.11 Å². The molecule has 0 aliphatic rings. The summed E-state index contributed by atoms with van der Waals surface area (Å²) < 4.78 is 0. The second kappa shape index (κ2) is 9.33. The summed E-state index contributed by atoms with van der Waals surface area (Å²) in [6.45, 7) is 8.77. The molecule has 0 bridgehead atoms. The van der Waals surface area contributed by atoms with Crippen LogP contribution in [0.25, 0.3) is 0 Å². The lowest BCUT2D eigenvalue weighted by Crippen LogP contribution is -2.20. The van der Waals surface area contributed by atoms with Crippen LogP contribution < -0.4 is 5.19 Å². The van der Waals surface area contributed by atoms with Gasteiger partial charge in [-0.25, -0.2) is 0 Å². The summed E-state index contributed by atoms with van der Waals surface area (Å²) >= 11 is 1.95. The lowest BCUT2D eigenvalue weighted by molar-refractivity contribution is 0.466. The van der Waals surface area contributed by atoms with Crippen LogP contribution in [0.15, 0.2) is 35.2 Å². The standard InChI is InChI=1S/C21H28OSSi/c1-5-8-17-13-20(18(9-6-2)12-19(17)22)23-14-24-21-11-7-10-15(3)16(21)4/h7,10-13,22H,5-6,8-9,14H2,1-4H3. The molecule has 0 unspecified atom stereocenters. The topological polar surface area (TPSA) is 20.2 Å². The van der Waals surface area contributed by atoms with Crippen LogP contribution in [0.2, 0.25) is 0 Å². The third kappa shape index (κ3) is 4.90. The van der Waals surface area contributed by atoms with E-state index in [4.69, 9.17) is 0 Å². The Kier molecular flexibility index (Phi) is 7.44. The Morgan fingerprint density at radius 1 is 1.00 bits per heavy atom. The number of rotatable bonds is 8. The summed E-state index contributed by atoms with van der Waals surface area (Å²) in [6, 6.07) is 10.8. The summed E-state index contributed by atoms with van der Waals surface area (Å²) in [5.41, 5.74) is 5.20. The Balaban J connectivity index is 2.12. The highest BCUT2D eigenvalue weighted by molar-refractivity contribution is 8.00. The molecule has 0 spiro atoms. The van der Waals surface area contributed by atoms with Crippen molar-refractivity contribution in [3.8, 4) is 5.75 Å². The molecule has 0 heterocycles. The quantitative estimate of drug-likeness (QED) is 0.531. The van der Waals surface area contributed by atoms with E-state index in [-0.39, 0.29) is 0 Å². The molecular weight excluding hydrogens is 328 g/mol. The summed E-state index contributed by atoms with van der Waals surface area (Å²) in [5, 5.41) is 12.8. The van der Waals surface area contributed by atoms with E-state index in [0.29, 0.717) is 5.75 Å². The van der Waals surface area contributed by atoms with Crippen LogP contribution in [-0.2, 0) is 12.8 Å². The number of phenols is 1. The van der Waals surface area contributed by atoms with Crippen LogP contribution in [-0.4, -0.2) is 20.0 Å². The average molecular weight is 357 g/mol. The van der Waals surface area contributed by atoms with Gasteiger partial charge in [-0.1, -0.05) is 50.1 Å². The van der Waals surface area contributed by atoms with E-state index in [2.05, 4.69) is 52.0 Å². The molecule has 2 rings (SSSR count). The molecule has 0 aliphatic carbocycles. The minimum absolute atomic E-state index is 0.474. The lowest BCUT2D eigenvalue weighted by atomic mass is 10.0. The fraction of sp³-hybridized carbons (Fsp3) is 0.429. The molecule has 24 heavy (non-hydrogen) atoms. The maximum atomic E-state index is 10.2. The van der Waals surface area contributed by atoms with Gasteiger partial charge in [0.15, 0.2) is 0 Å². The van der Waals surface area contributed by atoms with E-state index in [1.165, 1.54) is 26.8 Å². The highest BCUT2D eigenvalue weighted by atomic mass is 32.2. The minimum atomic E-state index is 0.474. The van der Waals surface area contributed by atoms with Gasteiger partial charge in [0.25, 0.3) is 0 Å². The molecule has 1 nitrogen and oxygen atoms in total.